The summed E-state index contributed by atoms with van der Waals surface area (Å²) in [7, 11) is 0. The maximum absolute atomic E-state index is 8.12. The van der Waals surface area contributed by atoms with Gasteiger partial charge in [0.25, 0.3) is 0 Å². The van der Waals surface area contributed by atoms with E-state index in [9.17, 15) is 0 Å². The fraction of sp³-hybridized carbons (Fsp3) is 0.517. The molecule has 11 aromatic rings. The molecule has 120 heavy (non-hydrogen) atoms. The maximum atomic E-state index is 8.12. The van der Waals surface area contributed by atoms with Crippen LogP contribution in [0.2, 0.25) is 0 Å². The Labute approximate surface area is 725 Å². The summed E-state index contributed by atoms with van der Waals surface area (Å²) in [6, 6.07) is 68.2. The number of hydrogen-bond donors (Lipinski definition) is 0. The molecule has 0 atom stereocenters. The monoisotopic (exact) mass is 1600 g/mol. The topological polar surface area (TPSA) is 52.1 Å². The molecular weight excluding hydrogens is 1450 g/mol. The molecule has 0 radical (unpaired) electrons. The van der Waals surface area contributed by atoms with Crippen molar-refractivity contribution < 1.29 is 8.83 Å². The van der Waals surface area contributed by atoms with Crippen LogP contribution in [0.5, 0.6) is 0 Å². The van der Waals surface area contributed by atoms with Gasteiger partial charge in [-0.25, -0.2) is 9.97 Å². The van der Waals surface area contributed by atoms with E-state index in [0.717, 1.165) is 107 Å². The summed E-state index contributed by atoms with van der Waals surface area (Å²) in [5.74, 6) is 1.33. The molecule has 0 bridgehead atoms. The van der Waals surface area contributed by atoms with Gasteiger partial charge in [-0.15, -0.1) is 0 Å². The van der Waals surface area contributed by atoms with Crippen LogP contribution in [0, 0.1) is 0 Å². The van der Waals surface area contributed by atoms with Gasteiger partial charge in [0.15, 0.2) is 11.2 Å². The standard InChI is InChI=1S/C116H148N2O2/c1-9-17-25-33-37-53-77-113(78-54-38-34-26-18-10-2)97-61-45-41-57-89(97)93-69-65-85(81-101(93)113)105-107-110(120-111(117-107)87-67-71-95-91-59-43-47-63-99(91)115(103(95)83-87,73-49-29-21-13-5)74-50-30-22-14-6)106(86-66-70-94-90-58-42-46-62-98(90)114(102(94)82-86,79-55-39-35-27-19-11-3)80-56-40-36-28-20-12-4)108-109(105)119-112(118-108)88-68-72-96-92-60-44-48-64-100(92)116(104(96)84-88,75-51-31-23-15-7)76-52-32-24-16-8/h41-48,57-72,81-84H,9-40,49-56,73-80H2,1-8H3. The number of rotatable bonds is 52. The SMILES string of the molecule is CCCCCCCCC1(CCCCCCCC)c2ccccc2-c2ccc(-c3c4nc(-c5ccc6c(c5)C(CCCCCC)(CCCCCC)c5ccccc5-6)oc4c(-c4ccc5c(c4)C(CCCCCCCC)(CCCCCCCC)c4ccccc4-5)c4nc(-c5ccc6c(c5)C(CCCCCC)(CCCCCC)c5ccccc5-6)oc34)cc21. The summed E-state index contributed by atoms with van der Waals surface area (Å²) in [6.45, 7) is 18.8. The summed E-state index contributed by atoms with van der Waals surface area (Å²) < 4.78 is 16.2. The van der Waals surface area contributed by atoms with E-state index in [-0.39, 0.29) is 21.7 Å². The molecule has 15 rings (SSSR count). The Morgan fingerprint density at radius 1 is 0.200 bits per heavy atom. The summed E-state index contributed by atoms with van der Waals surface area (Å²) in [6.07, 6.45) is 59.5. The molecule has 0 unspecified atom stereocenters. The highest BCUT2D eigenvalue weighted by atomic mass is 16.4. The van der Waals surface area contributed by atoms with Gasteiger partial charge in [-0.05, 0) is 188 Å². The molecule has 2 heterocycles. The molecular formula is C116H148N2O2. The Bertz CT molecular complexity index is 4740. The third-order valence-corrected chi connectivity index (χ3v) is 30.0. The smallest absolute Gasteiger partial charge is 0.227 e. The van der Waals surface area contributed by atoms with Crippen LogP contribution < -0.4 is 0 Å². The zero-order chi connectivity index (χ0) is 82.7. The van der Waals surface area contributed by atoms with Crippen LogP contribution in [0.3, 0.4) is 0 Å². The normalized spacial score (nSPS) is 14.5. The van der Waals surface area contributed by atoms with Crippen molar-refractivity contribution in [3.05, 3.63) is 214 Å². The predicted molar refractivity (Wildman–Crippen MR) is 515 cm³/mol. The summed E-state index contributed by atoms with van der Waals surface area (Å²) in [5, 5.41) is 0. The van der Waals surface area contributed by atoms with E-state index in [4.69, 9.17) is 18.8 Å². The minimum atomic E-state index is -0.153. The summed E-state index contributed by atoms with van der Waals surface area (Å²) in [4.78, 5) is 12.4. The summed E-state index contributed by atoms with van der Waals surface area (Å²) in [5.41, 5.74) is 32.2. The van der Waals surface area contributed by atoms with Gasteiger partial charge < -0.3 is 8.83 Å². The first kappa shape index (κ1) is 86.8. The Hall–Kier alpha value is -8.08. The lowest BCUT2D eigenvalue weighted by atomic mass is 9.70. The molecule has 0 spiro atoms. The molecule has 0 saturated heterocycles. The van der Waals surface area contributed by atoms with Crippen LogP contribution >= 0.6 is 0 Å². The van der Waals surface area contributed by atoms with Gasteiger partial charge in [0.2, 0.25) is 11.8 Å². The second-order valence-electron chi connectivity index (χ2n) is 38.0. The third-order valence-electron chi connectivity index (χ3n) is 30.0. The van der Waals surface area contributed by atoms with Gasteiger partial charge >= 0.3 is 0 Å². The fourth-order valence-electron chi connectivity index (χ4n) is 23.6. The minimum absolute atomic E-state index is 0.116. The molecule has 0 fully saturated rings. The fourth-order valence-corrected chi connectivity index (χ4v) is 23.6. The quantitative estimate of drug-likeness (QED) is 0.0357. The second-order valence-corrected chi connectivity index (χ2v) is 38.0. The maximum Gasteiger partial charge on any atom is 0.227 e. The van der Waals surface area contributed by atoms with Gasteiger partial charge in [-0.2, -0.15) is 0 Å². The van der Waals surface area contributed by atoms with E-state index >= 15 is 0 Å². The van der Waals surface area contributed by atoms with Crippen LogP contribution in [-0.2, 0) is 21.7 Å². The lowest BCUT2D eigenvalue weighted by Gasteiger charge is -2.33. The minimum Gasteiger partial charge on any atom is -0.435 e. The molecule has 0 N–H and O–H groups in total. The highest BCUT2D eigenvalue weighted by Crippen LogP contribution is 2.62. The molecule has 0 aliphatic heterocycles. The van der Waals surface area contributed by atoms with Crippen LogP contribution in [0.1, 0.15) is 408 Å². The molecule has 2 aromatic heterocycles. The van der Waals surface area contributed by atoms with Crippen molar-refractivity contribution >= 4 is 22.2 Å². The Kier molecular flexibility index (Phi) is 30.0. The first-order valence-electron chi connectivity index (χ1n) is 50.0. The van der Waals surface area contributed by atoms with Gasteiger partial charge in [0, 0.05) is 32.8 Å². The molecule has 9 aromatic carbocycles. The molecule has 4 heteroatoms. The Morgan fingerprint density at radius 3 is 0.633 bits per heavy atom. The summed E-state index contributed by atoms with van der Waals surface area (Å²) >= 11 is 0. The van der Waals surface area contributed by atoms with Crippen molar-refractivity contribution in [1.29, 1.82) is 0 Å². The Morgan fingerprint density at radius 2 is 0.392 bits per heavy atom. The highest BCUT2D eigenvalue weighted by Gasteiger charge is 2.48. The van der Waals surface area contributed by atoms with Gasteiger partial charge in [0.1, 0.15) is 11.0 Å². The van der Waals surface area contributed by atoms with E-state index in [1.165, 1.54) is 346 Å². The van der Waals surface area contributed by atoms with Crippen LogP contribution in [0.4, 0.5) is 0 Å². The lowest BCUT2D eigenvalue weighted by Crippen LogP contribution is -2.25. The van der Waals surface area contributed by atoms with Crippen LogP contribution in [-0.4, -0.2) is 9.97 Å². The average Bonchev–Trinajstić information content (AvgIpc) is 1.54. The Balaban J connectivity index is 1.00. The van der Waals surface area contributed by atoms with Crippen molar-refractivity contribution in [1.82, 2.24) is 9.97 Å². The molecule has 4 aliphatic carbocycles. The largest absolute Gasteiger partial charge is 0.435 e. The molecule has 4 nitrogen and oxygen atoms in total. The first-order chi connectivity index (χ1) is 59.2. The van der Waals surface area contributed by atoms with E-state index in [1.807, 2.05) is 0 Å². The van der Waals surface area contributed by atoms with Crippen molar-refractivity contribution in [2.24, 2.45) is 0 Å². The van der Waals surface area contributed by atoms with E-state index in [0.29, 0.717) is 11.8 Å². The van der Waals surface area contributed by atoms with Crippen LogP contribution in [0.15, 0.2) is 179 Å². The molecule has 0 saturated carbocycles. The predicted octanol–water partition coefficient (Wildman–Crippen LogP) is 36.6. The van der Waals surface area contributed by atoms with Crippen molar-refractivity contribution in [2.75, 3.05) is 0 Å². The molecule has 0 amide bonds. The van der Waals surface area contributed by atoms with Gasteiger partial charge in [0.05, 0.1) is 11.1 Å². The third kappa shape index (κ3) is 17.6. The highest BCUT2D eigenvalue weighted by molar-refractivity contribution is 6.17. The van der Waals surface area contributed by atoms with E-state index in [2.05, 4.69) is 225 Å². The lowest BCUT2D eigenvalue weighted by molar-refractivity contribution is 0.398. The van der Waals surface area contributed by atoms with Crippen molar-refractivity contribution in [3.8, 4) is 89.7 Å². The number of oxazole rings is 2. The van der Waals surface area contributed by atoms with Gasteiger partial charge in [-0.3, -0.25) is 0 Å². The number of nitrogens with zero attached hydrogens (tertiary/aromatic N) is 2. The van der Waals surface area contributed by atoms with Crippen LogP contribution in [0.25, 0.3) is 112 Å². The van der Waals surface area contributed by atoms with Gasteiger partial charge in [-0.1, -0.05) is 446 Å². The average molecular weight is 1600 g/mol. The van der Waals surface area contributed by atoms with E-state index in [1.54, 1.807) is 0 Å². The second kappa shape index (κ2) is 41.4. The zero-order valence-corrected chi connectivity index (χ0v) is 75.8. The van der Waals surface area contributed by atoms with E-state index < -0.39 is 0 Å². The number of fused-ring (bicyclic) bond motifs is 14. The van der Waals surface area contributed by atoms with Crippen molar-refractivity contribution in [3.63, 3.8) is 0 Å². The zero-order valence-electron chi connectivity index (χ0n) is 75.8. The van der Waals surface area contributed by atoms with Crippen molar-refractivity contribution in [2.45, 2.75) is 385 Å². The molecule has 634 valence electrons. The first-order valence-corrected chi connectivity index (χ1v) is 50.0. The number of benzene rings is 9. The number of hydrogen-bond acceptors (Lipinski definition) is 4. The number of aromatic nitrogens is 2. The number of unbranched alkanes of at least 4 members (excludes halogenated alkanes) is 32. The molecule has 4 aliphatic rings.